The lowest BCUT2D eigenvalue weighted by Gasteiger charge is -2.02. The molecule has 0 saturated carbocycles. The van der Waals surface area contributed by atoms with E-state index in [0.29, 0.717) is 0 Å². The van der Waals surface area contributed by atoms with Crippen LogP contribution in [0.2, 0.25) is 0 Å². The molecule has 0 spiro atoms. The van der Waals surface area contributed by atoms with Crippen molar-refractivity contribution in [2.45, 2.75) is 6.43 Å². The maximum atomic E-state index is 12.4. The van der Waals surface area contributed by atoms with Crippen molar-refractivity contribution in [3.63, 3.8) is 0 Å². The number of hydrogen-bond acceptors (Lipinski definition) is 4. The lowest BCUT2D eigenvalue weighted by Crippen LogP contribution is -2.03. The van der Waals surface area contributed by atoms with Crippen LogP contribution in [0.15, 0.2) is 6.07 Å². The largest absolute Gasteiger partial charge is 0.309 e. The van der Waals surface area contributed by atoms with Gasteiger partial charge in [0.1, 0.15) is 11.8 Å². The number of rotatable bonds is 2. The van der Waals surface area contributed by atoms with Gasteiger partial charge in [0.15, 0.2) is 5.69 Å². The molecule has 1 rings (SSSR count). The summed E-state index contributed by atoms with van der Waals surface area (Å²) in [5.74, 6) is 0. The lowest BCUT2D eigenvalue weighted by molar-refractivity contribution is -0.387. The Labute approximate surface area is 96.0 Å². The number of hydrogen-bond donors (Lipinski definition) is 0. The maximum Gasteiger partial charge on any atom is 0.309 e. The number of halogens is 3. The molecule has 0 atom stereocenters. The Kier molecular flexibility index (Phi) is 3.46. The predicted octanol–water partition coefficient (Wildman–Crippen LogP) is 2.40. The molecule has 5 nitrogen and oxygen atoms in total. The average molecular weight is 325 g/mol. The normalized spacial score (nSPS) is 10.1. The van der Waals surface area contributed by atoms with Gasteiger partial charge in [0, 0.05) is 0 Å². The fourth-order valence-corrected chi connectivity index (χ4v) is 1.68. The molecule has 1 heterocycles. The van der Waals surface area contributed by atoms with Gasteiger partial charge < -0.3 is 0 Å². The summed E-state index contributed by atoms with van der Waals surface area (Å²) in [7, 11) is 0. The SMILES string of the molecule is N#Cc1cc(I)c([N+](=O)[O-])c(C(F)F)n1. The molecule has 0 amide bonds. The Bertz CT molecular complexity index is 458. The standard InChI is InChI=1S/C7H2F2IN3O2/c8-7(9)5-6(13(14)15)4(10)1-3(2-11)12-5/h1,7H. The van der Waals surface area contributed by atoms with Gasteiger partial charge in [0.2, 0.25) is 0 Å². The smallest absolute Gasteiger partial charge is 0.258 e. The summed E-state index contributed by atoms with van der Waals surface area (Å²) < 4.78 is 24.8. The van der Waals surface area contributed by atoms with Crippen LogP contribution in [-0.2, 0) is 0 Å². The highest BCUT2D eigenvalue weighted by Gasteiger charge is 2.27. The molecule has 0 fully saturated rings. The van der Waals surface area contributed by atoms with Crippen LogP contribution < -0.4 is 0 Å². The summed E-state index contributed by atoms with van der Waals surface area (Å²) in [6, 6.07) is 2.65. The van der Waals surface area contributed by atoms with E-state index in [2.05, 4.69) is 4.98 Å². The molecule has 0 unspecified atom stereocenters. The highest BCUT2D eigenvalue weighted by molar-refractivity contribution is 14.1. The maximum absolute atomic E-state index is 12.4. The van der Waals surface area contributed by atoms with Gasteiger partial charge in [0.05, 0.1) is 8.49 Å². The minimum atomic E-state index is -3.08. The summed E-state index contributed by atoms with van der Waals surface area (Å²) >= 11 is 1.52. The predicted molar refractivity (Wildman–Crippen MR) is 53.3 cm³/mol. The molecule has 1 aromatic heterocycles. The summed E-state index contributed by atoms with van der Waals surface area (Å²) in [4.78, 5) is 12.8. The fourth-order valence-electron chi connectivity index (χ4n) is 0.916. The van der Waals surface area contributed by atoms with Crippen LogP contribution >= 0.6 is 22.6 Å². The Morgan fingerprint density at radius 2 is 2.27 bits per heavy atom. The van der Waals surface area contributed by atoms with E-state index in [9.17, 15) is 18.9 Å². The van der Waals surface area contributed by atoms with E-state index in [4.69, 9.17) is 5.26 Å². The van der Waals surface area contributed by atoms with Crippen LogP contribution in [-0.4, -0.2) is 9.91 Å². The van der Waals surface area contributed by atoms with Gasteiger partial charge in [0.25, 0.3) is 6.43 Å². The second-order valence-electron chi connectivity index (χ2n) is 2.39. The molecule has 8 heteroatoms. The first-order valence-corrected chi connectivity index (χ1v) is 4.58. The third kappa shape index (κ3) is 2.35. The second-order valence-corrected chi connectivity index (χ2v) is 3.55. The van der Waals surface area contributed by atoms with E-state index in [1.165, 1.54) is 22.6 Å². The Morgan fingerprint density at radius 3 is 2.67 bits per heavy atom. The van der Waals surface area contributed by atoms with Crippen molar-refractivity contribution < 1.29 is 13.7 Å². The lowest BCUT2D eigenvalue weighted by atomic mass is 10.2. The molecule has 0 bridgehead atoms. The van der Waals surface area contributed by atoms with Crippen LogP contribution in [0.5, 0.6) is 0 Å². The summed E-state index contributed by atoms with van der Waals surface area (Å²) in [6.07, 6.45) is -3.08. The highest BCUT2D eigenvalue weighted by Crippen LogP contribution is 2.31. The molecule has 0 aliphatic heterocycles. The van der Waals surface area contributed by atoms with Crippen molar-refractivity contribution in [2.24, 2.45) is 0 Å². The zero-order chi connectivity index (χ0) is 11.6. The summed E-state index contributed by atoms with van der Waals surface area (Å²) in [6.45, 7) is 0. The van der Waals surface area contributed by atoms with Gasteiger partial charge in [-0.3, -0.25) is 10.1 Å². The minimum Gasteiger partial charge on any atom is -0.258 e. The fraction of sp³-hybridized carbons (Fsp3) is 0.143. The minimum absolute atomic E-state index is 0.0283. The van der Waals surface area contributed by atoms with Crippen molar-refractivity contribution in [1.29, 1.82) is 5.26 Å². The number of nitro groups is 1. The molecule has 1 aromatic rings. The van der Waals surface area contributed by atoms with Gasteiger partial charge in [-0.15, -0.1) is 0 Å². The third-order valence-corrected chi connectivity index (χ3v) is 2.30. The Hall–Kier alpha value is -1.37. The Balaban J connectivity index is 3.51. The molecule has 0 N–H and O–H groups in total. The molecule has 0 radical (unpaired) electrons. The van der Waals surface area contributed by atoms with Gasteiger partial charge in [-0.1, -0.05) is 0 Å². The van der Waals surface area contributed by atoms with Crippen molar-refractivity contribution in [1.82, 2.24) is 4.98 Å². The van der Waals surface area contributed by atoms with Gasteiger partial charge in [-0.25, -0.2) is 13.8 Å². The first-order chi connectivity index (χ1) is 6.97. The number of nitrogens with zero attached hydrogens (tertiary/aromatic N) is 3. The topological polar surface area (TPSA) is 79.8 Å². The number of aromatic nitrogens is 1. The molecular formula is C7H2F2IN3O2. The van der Waals surface area contributed by atoms with Crippen molar-refractivity contribution in [3.8, 4) is 6.07 Å². The number of alkyl halides is 2. The van der Waals surface area contributed by atoms with Gasteiger partial charge in [-0.2, -0.15) is 5.26 Å². The number of pyridine rings is 1. The van der Waals surface area contributed by atoms with E-state index in [1.807, 2.05) is 0 Å². The van der Waals surface area contributed by atoms with E-state index < -0.39 is 22.7 Å². The van der Waals surface area contributed by atoms with E-state index in [-0.39, 0.29) is 9.26 Å². The zero-order valence-corrected chi connectivity index (χ0v) is 9.10. The number of nitriles is 1. The van der Waals surface area contributed by atoms with Gasteiger partial charge >= 0.3 is 5.69 Å². The Morgan fingerprint density at radius 1 is 1.67 bits per heavy atom. The van der Waals surface area contributed by atoms with Gasteiger partial charge in [-0.05, 0) is 28.7 Å². The zero-order valence-electron chi connectivity index (χ0n) is 6.95. The van der Waals surface area contributed by atoms with Crippen molar-refractivity contribution in [3.05, 3.63) is 31.1 Å². The monoisotopic (exact) mass is 325 g/mol. The van der Waals surface area contributed by atoms with Crippen LogP contribution in [0.1, 0.15) is 17.8 Å². The summed E-state index contributed by atoms with van der Waals surface area (Å²) in [5.41, 5.74) is -1.98. The molecule has 15 heavy (non-hydrogen) atoms. The van der Waals surface area contributed by atoms with Crippen molar-refractivity contribution in [2.75, 3.05) is 0 Å². The third-order valence-electron chi connectivity index (χ3n) is 1.48. The molecule has 0 aliphatic carbocycles. The van der Waals surface area contributed by atoms with E-state index >= 15 is 0 Å². The first-order valence-electron chi connectivity index (χ1n) is 3.50. The van der Waals surface area contributed by atoms with Crippen LogP contribution in [0.25, 0.3) is 0 Å². The van der Waals surface area contributed by atoms with Crippen LogP contribution in [0.3, 0.4) is 0 Å². The average Bonchev–Trinajstić information content (AvgIpc) is 2.15. The van der Waals surface area contributed by atoms with E-state index in [1.54, 1.807) is 6.07 Å². The highest BCUT2D eigenvalue weighted by atomic mass is 127. The van der Waals surface area contributed by atoms with E-state index in [0.717, 1.165) is 6.07 Å². The second kappa shape index (κ2) is 4.43. The summed E-state index contributed by atoms with van der Waals surface area (Å²) in [5, 5.41) is 19.0. The van der Waals surface area contributed by atoms with Crippen molar-refractivity contribution >= 4 is 28.3 Å². The molecule has 0 saturated heterocycles. The molecule has 0 aromatic carbocycles. The van der Waals surface area contributed by atoms with Crippen LogP contribution in [0, 0.1) is 25.0 Å². The molecular weight excluding hydrogens is 323 g/mol. The molecule has 0 aliphatic rings. The molecule has 78 valence electrons. The quantitative estimate of drug-likeness (QED) is 0.475. The first kappa shape index (κ1) is 11.7. The van der Waals surface area contributed by atoms with Crippen LogP contribution in [0.4, 0.5) is 14.5 Å².